The number of methoxy groups -OCH3 is 2. The van der Waals surface area contributed by atoms with Gasteiger partial charge in [-0.25, -0.2) is 0 Å². The van der Waals surface area contributed by atoms with E-state index >= 15 is 0 Å². The minimum Gasteiger partial charge on any atom is -0.497 e. The Morgan fingerprint density at radius 1 is 1.15 bits per heavy atom. The molecule has 140 valence electrons. The molecule has 0 spiro atoms. The number of carbonyl (C=O) groups excluding carboxylic acids is 1. The Labute approximate surface area is 154 Å². The molecule has 0 saturated carbocycles. The molecule has 1 saturated heterocycles. The summed E-state index contributed by atoms with van der Waals surface area (Å²) in [7, 11) is 5.11. The van der Waals surface area contributed by atoms with Crippen molar-refractivity contribution in [2.45, 2.75) is 13.5 Å². The molecule has 0 atom stereocenters. The van der Waals surface area contributed by atoms with Crippen LogP contribution in [0.25, 0.3) is 0 Å². The summed E-state index contributed by atoms with van der Waals surface area (Å²) in [6.07, 6.45) is 2.06. The zero-order valence-electron chi connectivity index (χ0n) is 15.9. The van der Waals surface area contributed by atoms with Crippen LogP contribution in [0.4, 0.5) is 0 Å². The Bertz CT molecular complexity index is 779. The van der Waals surface area contributed by atoms with Crippen molar-refractivity contribution in [3.8, 4) is 11.5 Å². The highest BCUT2D eigenvalue weighted by Gasteiger charge is 2.25. The molecule has 26 heavy (non-hydrogen) atoms. The minimum absolute atomic E-state index is 0.00158. The van der Waals surface area contributed by atoms with E-state index in [-0.39, 0.29) is 5.91 Å². The van der Waals surface area contributed by atoms with E-state index in [4.69, 9.17) is 9.47 Å². The molecule has 1 aromatic heterocycles. The van der Waals surface area contributed by atoms with Gasteiger partial charge in [0.05, 0.1) is 25.5 Å². The van der Waals surface area contributed by atoms with Gasteiger partial charge in [-0.15, -0.1) is 0 Å². The van der Waals surface area contributed by atoms with E-state index in [2.05, 4.69) is 16.2 Å². The van der Waals surface area contributed by atoms with Crippen LogP contribution in [0.2, 0.25) is 0 Å². The van der Waals surface area contributed by atoms with Gasteiger partial charge in [-0.3, -0.25) is 14.4 Å². The molecule has 0 aliphatic carbocycles. The lowest BCUT2D eigenvalue weighted by Crippen LogP contribution is -2.48. The van der Waals surface area contributed by atoms with Gasteiger partial charge in [0.15, 0.2) is 0 Å². The first kappa shape index (κ1) is 18.3. The van der Waals surface area contributed by atoms with E-state index in [0.717, 1.165) is 25.3 Å². The quantitative estimate of drug-likeness (QED) is 0.814. The Balaban J connectivity index is 1.62. The summed E-state index contributed by atoms with van der Waals surface area (Å²) in [4.78, 5) is 17.1. The van der Waals surface area contributed by atoms with E-state index in [1.165, 1.54) is 5.56 Å². The van der Waals surface area contributed by atoms with Gasteiger partial charge < -0.3 is 14.4 Å². The highest BCUT2D eigenvalue weighted by molar-refractivity contribution is 5.97. The van der Waals surface area contributed by atoms with Crippen molar-refractivity contribution >= 4 is 5.91 Å². The van der Waals surface area contributed by atoms with Gasteiger partial charge in [-0.1, -0.05) is 0 Å². The number of aryl methyl sites for hydroxylation is 2. The second kappa shape index (κ2) is 7.78. The standard InChI is InChI=1S/C19H26N4O3/c1-14-15(12-21(2)20-14)13-22-7-9-23(10-8-22)19(24)17-6-5-16(25-3)11-18(17)26-4/h5-6,11-12H,7-10,13H2,1-4H3. The van der Waals surface area contributed by atoms with Gasteiger partial charge in [0.2, 0.25) is 0 Å². The molecule has 1 amide bonds. The van der Waals surface area contributed by atoms with Crippen molar-refractivity contribution < 1.29 is 14.3 Å². The van der Waals surface area contributed by atoms with E-state index in [1.54, 1.807) is 32.4 Å². The Morgan fingerprint density at radius 3 is 2.46 bits per heavy atom. The fourth-order valence-corrected chi connectivity index (χ4v) is 3.30. The van der Waals surface area contributed by atoms with Gasteiger partial charge in [-0.05, 0) is 19.1 Å². The van der Waals surface area contributed by atoms with Crippen molar-refractivity contribution in [2.24, 2.45) is 7.05 Å². The van der Waals surface area contributed by atoms with Gasteiger partial charge in [0.1, 0.15) is 11.5 Å². The smallest absolute Gasteiger partial charge is 0.257 e. The molecule has 1 aromatic carbocycles. The van der Waals surface area contributed by atoms with Crippen molar-refractivity contribution in [3.63, 3.8) is 0 Å². The monoisotopic (exact) mass is 358 g/mol. The summed E-state index contributed by atoms with van der Waals surface area (Å²) >= 11 is 0. The third kappa shape index (κ3) is 3.83. The van der Waals surface area contributed by atoms with Crippen LogP contribution >= 0.6 is 0 Å². The highest BCUT2D eigenvalue weighted by Crippen LogP contribution is 2.26. The first-order valence-electron chi connectivity index (χ1n) is 8.74. The maximum absolute atomic E-state index is 12.9. The molecular formula is C19H26N4O3. The largest absolute Gasteiger partial charge is 0.497 e. The van der Waals surface area contributed by atoms with Crippen LogP contribution < -0.4 is 9.47 Å². The lowest BCUT2D eigenvalue weighted by molar-refractivity contribution is 0.0625. The minimum atomic E-state index is 0.00158. The number of hydrogen-bond donors (Lipinski definition) is 0. The zero-order chi connectivity index (χ0) is 18.7. The number of nitrogens with zero attached hydrogens (tertiary/aromatic N) is 4. The van der Waals surface area contributed by atoms with Crippen LogP contribution in [0.1, 0.15) is 21.6 Å². The zero-order valence-corrected chi connectivity index (χ0v) is 15.9. The number of aromatic nitrogens is 2. The number of hydrogen-bond acceptors (Lipinski definition) is 5. The van der Waals surface area contributed by atoms with Crippen molar-refractivity contribution in [1.82, 2.24) is 19.6 Å². The second-order valence-corrected chi connectivity index (χ2v) is 6.55. The normalized spacial score (nSPS) is 15.2. The molecule has 0 unspecified atom stereocenters. The molecule has 1 fully saturated rings. The van der Waals surface area contributed by atoms with Gasteiger partial charge >= 0.3 is 0 Å². The summed E-state index contributed by atoms with van der Waals surface area (Å²) in [6, 6.07) is 5.30. The number of ether oxygens (including phenoxy) is 2. The van der Waals surface area contributed by atoms with Gasteiger partial charge in [0, 0.05) is 57.6 Å². The third-order valence-electron chi connectivity index (χ3n) is 4.81. The number of rotatable bonds is 5. The number of amides is 1. The SMILES string of the molecule is COc1ccc(C(=O)N2CCN(Cc3cn(C)nc3C)CC2)c(OC)c1. The molecule has 1 aliphatic heterocycles. The summed E-state index contributed by atoms with van der Waals surface area (Å²) in [5, 5.41) is 4.39. The highest BCUT2D eigenvalue weighted by atomic mass is 16.5. The molecular weight excluding hydrogens is 332 g/mol. The van der Waals surface area contributed by atoms with E-state index in [0.29, 0.717) is 30.2 Å². The lowest BCUT2D eigenvalue weighted by atomic mass is 10.1. The average molecular weight is 358 g/mol. The summed E-state index contributed by atoms with van der Waals surface area (Å²) in [6.45, 7) is 6.00. The topological polar surface area (TPSA) is 59.8 Å². The average Bonchev–Trinajstić information content (AvgIpc) is 2.98. The third-order valence-corrected chi connectivity index (χ3v) is 4.81. The van der Waals surface area contributed by atoms with Crippen molar-refractivity contribution in [3.05, 3.63) is 41.2 Å². The second-order valence-electron chi connectivity index (χ2n) is 6.55. The fourth-order valence-electron chi connectivity index (χ4n) is 3.30. The molecule has 1 aliphatic rings. The van der Waals surface area contributed by atoms with Crippen molar-refractivity contribution in [2.75, 3.05) is 40.4 Å². The van der Waals surface area contributed by atoms with Crippen LogP contribution in [0.3, 0.4) is 0 Å². The Morgan fingerprint density at radius 2 is 1.88 bits per heavy atom. The molecule has 2 aromatic rings. The number of piperazine rings is 1. The molecule has 7 nitrogen and oxygen atoms in total. The first-order valence-corrected chi connectivity index (χ1v) is 8.74. The molecule has 0 radical (unpaired) electrons. The van der Waals surface area contributed by atoms with Crippen LogP contribution in [0, 0.1) is 6.92 Å². The van der Waals surface area contributed by atoms with Crippen LogP contribution in [-0.2, 0) is 13.6 Å². The van der Waals surface area contributed by atoms with Crippen LogP contribution in [0.5, 0.6) is 11.5 Å². The fraction of sp³-hybridized carbons (Fsp3) is 0.474. The van der Waals surface area contributed by atoms with Crippen LogP contribution in [0.15, 0.2) is 24.4 Å². The Kier molecular flexibility index (Phi) is 5.46. The summed E-state index contributed by atoms with van der Waals surface area (Å²) in [5.41, 5.74) is 2.88. The van der Waals surface area contributed by atoms with E-state index < -0.39 is 0 Å². The summed E-state index contributed by atoms with van der Waals surface area (Å²) < 4.78 is 12.4. The molecule has 7 heteroatoms. The molecule has 0 N–H and O–H groups in total. The lowest BCUT2D eigenvalue weighted by Gasteiger charge is -2.34. The maximum atomic E-state index is 12.9. The molecule has 2 heterocycles. The van der Waals surface area contributed by atoms with E-state index in [9.17, 15) is 4.79 Å². The Hall–Kier alpha value is -2.54. The number of carbonyl (C=O) groups is 1. The van der Waals surface area contributed by atoms with Crippen LogP contribution in [-0.4, -0.2) is 65.9 Å². The van der Waals surface area contributed by atoms with E-state index in [1.807, 2.05) is 23.6 Å². The predicted octanol–water partition coefficient (Wildman–Crippen LogP) is 1.70. The van der Waals surface area contributed by atoms with Gasteiger partial charge in [0.25, 0.3) is 5.91 Å². The predicted molar refractivity (Wildman–Crippen MR) is 98.7 cm³/mol. The maximum Gasteiger partial charge on any atom is 0.257 e. The van der Waals surface area contributed by atoms with Gasteiger partial charge in [-0.2, -0.15) is 5.10 Å². The first-order chi connectivity index (χ1) is 12.5. The number of benzene rings is 1. The molecule has 3 rings (SSSR count). The molecule has 0 bridgehead atoms. The van der Waals surface area contributed by atoms with Crippen molar-refractivity contribution in [1.29, 1.82) is 0 Å². The summed E-state index contributed by atoms with van der Waals surface area (Å²) in [5.74, 6) is 1.22.